The van der Waals surface area contributed by atoms with E-state index in [0.717, 1.165) is 42.0 Å². The second-order valence-corrected chi connectivity index (χ2v) is 4.81. The van der Waals surface area contributed by atoms with Crippen LogP contribution >= 0.6 is 0 Å². The minimum absolute atomic E-state index is 0.780. The number of methoxy groups -OCH3 is 1. The number of benzene rings is 1. The monoisotopic (exact) mass is 259 g/mol. The minimum atomic E-state index is 0.780. The van der Waals surface area contributed by atoms with Crippen molar-refractivity contribution in [3.63, 3.8) is 0 Å². The third kappa shape index (κ3) is 3.66. The summed E-state index contributed by atoms with van der Waals surface area (Å²) in [5.74, 6) is 0.827. The summed E-state index contributed by atoms with van der Waals surface area (Å²) >= 11 is 0. The van der Waals surface area contributed by atoms with Crippen LogP contribution in [0.3, 0.4) is 0 Å². The van der Waals surface area contributed by atoms with E-state index < -0.39 is 0 Å². The Morgan fingerprint density at radius 3 is 2.79 bits per heavy atom. The van der Waals surface area contributed by atoms with Gasteiger partial charge in [-0.15, -0.1) is 0 Å². The van der Waals surface area contributed by atoms with Crippen molar-refractivity contribution in [2.75, 3.05) is 34.3 Å². The fourth-order valence-electron chi connectivity index (χ4n) is 1.94. The number of para-hydroxylation sites is 1. The van der Waals surface area contributed by atoms with Gasteiger partial charge in [-0.3, -0.25) is 0 Å². The number of hydrogen-bond acceptors (Lipinski definition) is 4. The molecule has 4 nitrogen and oxygen atoms in total. The van der Waals surface area contributed by atoms with Gasteiger partial charge in [0.2, 0.25) is 0 Å². The van der Waals surface area contributed by atoms with Crippen LogP contribution < -0.4 is 10.1 Å². The zero-order valence-corrected chi connectivity index (χ0v) is 11.8. The number of likely N-dealkylation sites (N-methyl/N-ethyl adjacent to an activating group) is 1. The van der Waals surface area contributed by atoms with Crippen LogP contribution in [0.5, 0.6) is 5.75 Å². The predicted molar refractivity (Wildman–Crippen MR) is 78.6 cm³/mol. The molecule has 1 aromatic carbocycles. The van der Waals surface area contributed by atoms with Gasteiger partial charge in [0, 0.05) is 25.0 Å². The number of nitrogens with one attached hydrogen (secondary N) is 1. The van der Waals surface area contributed by atoms with E-state index in [1.165, 1.54) is 0 Å². The molecule has 0 saturated heterocycles. The molecule has 1 N–H and O–H groups in total. The highest BCUT2D eigenvalue weighted by Gasteiger charge is 2.03. The lowest BCUT2D eigenvalue weighted by molar-refractivity contribution is 0.399. The van der Waals surface area contributed by atoms with Crippen molar-refractivity contribution in [1.82, 2.24) is 15.2 Å². The molecular weight excluding hydrogens is 238 g/mol. The molecule has 0 aliphatic rings. The lowest BCUT2D eigenvalue weighted by Crippen LogP contribution is -2.26. The quantitative estimate of drug-likeness (QED) is 0.804. The van der Waals surface area contributed by atoms with Crippen LogP contribution in [0.4, 0.5) is 0 Å². The molecule has 0 radical (unpaired) electrons. The van der Waals surface area contributed by atoms with Crippen LogP contribution in [-0.2, 0) is 6.54 Å². The molecule has 0 fully saturated rings. The second-order valence-electron chi connectivity index (χ2n) is 4.81. The van der Waals surface area contributed by atoms with Gasteiger partial charge in [-0.05, 0) is 26.2 Å². The van der Waals surface area contributed by atoms with Crippen LogP contribution in [0.25, 0.3) is 10.9 Å². The largest absolute Gasteiger partial charge is 0.494 e. The van der Waals surface area contributed by atoms with E-state index >= 15 is 0 Å². The predicted octanol–water partition coefficient (Wildman–Crippen LogP) is 1.89. The average molecular weight is 259 g/mol. The summed E-state index contributed by atoms with van der Waals surface area (Å²) < 4.78 is 5.35. The molecule has 102 valence electrons. The molecule has 19 heavy (non-hydrogen) atoms. The molecule has 2 aromatic rings. The molecule has 0 atom stereocenters. The van der Waals surface area contributed by atoms with E-state index in [2.05, 4.69) is 41.4 Å². The van der Waals surface area contributed by atoms with E-state index in [0.29, 0.717) is 0 Å². The normalized spacial score (nSPS) is 11.2. The maximum atomic E-state index is 5.35. The van der Waals surface area contributed by atoms with Crippen LogP contribution in [0, 0.1) is 0 Å². The van der Waals surface area contributed by atoms with Crippen LogP contribution in [0.15, 0.2) is 30.3 Å². The number of rotatable bonds is 6. The summed E-state index contributed by atoms with van der Waals surface area (Å²) in [7, 11) is 5.82. The Morgan fingerprint density at radius 1 is 1.21 bits per heavy atom. The first-order valence-electron chi connectivity index (χ1n) is 6.49. The van der Waals surface area contributed by atoms with E-state index in [1.54, 1.807) is 7.11 Å². The van der Waals surface area contributed by atoms with E-state index in [9.17, 15) is 0 Å². The Kier molecular flexibility index (Phi) is 4.71. The first-order valence-corrected chi connectivity index (χ1v) is 6.49. The zero-order chi connectivity index (χ0) is 13.7. The van der Waals surface area contributed by atoms with E-state index in [-0.39, 0.29) is 0 Å². The molecule has 1 aromatic heterocycles. The molecule has 0 aliphatic heterocycles. The lowest BCUT2D eigenvalue weighted by atomic mass is 10.2. The Morgan fingerprint density at radius 2 is 2.05 bits per heavy atom. The molecule has 0 saturated carbocycles. The topological polar surface area (TPSA) is 37.4 Å². The highest BCUT2D eigenvalue weighted by molar-refractivity contribution is 5.84. The number of aromatic nitrogens is 1. The molecule has 0 aliphatic carbocycles. The summed E-state index contributed by atoms with van der Waals surface area (Å²) in [6.45, 7) is 2.76. The number of fused-ring (bicyclic) bond motifs is 1. The van der Waals surface area contributed by atoms with Crippen LogP contribution in [0.1, 0.15) is 5.69 Å². The fraction of sp³-hybridized carbons (Fsp3) is 0.400. The maximum Gasteiger partial charge on any atom is 0.145 e. The van der Waals surface area contributed by atoms with Crippen molar-refractivity contribution in [2.45, 2.75) is 6.54 Å². The number of nitrogens with zero attached hydrogens (tertiary/aromatic N) is 2. The molecule has 0 unspecified atom stereocenters. The standard InChI is InChI=1S/C15H21N3O/c1-18(2)10-9-16-11-13-8-7-12-5-4-6-14(19-3)15(12)17-13/h4-8,16H,9-11H2,1-3H3. The summed E-state index contributed by atoms with van der Waals surface area (Å²) in [5.41, 5.74) is 1.97. The van der Waals surface area contributed by atoms with Gasteiger partial charge in [0.1, 0.15) is 11.3 Å². The van der Waals surface area contributed by atoms with Crippen molar-refractivity contribution < 1.29 is 4.74 Å². The Balaban J connectivity index is 2.08. The molecule has 1 heterocycles. The van der Waals surface area contributed by atoms with Gasteiger partial charge in [-0.2, -0.15) is 0 Å². The first-order chi connectivity index (χ1) is 9.20. The number of ether oxygens (including phenoxy) is 1. The van der Waals surface area contributed by atoms with Crippen molar-refractivity contribution in [3.8, 4) is 5.75 Å². The first kappa shape index (κ1) is 13.8. The highest BCUT2D eigenvalue weighted by atomic mass is 16.5. The van der Waals surface area contributed by atoms with Gasteiger partial charge in [0.25, 0.3) is 0 Å². The Bertz CT molecular complexity index is 540. The van der Waals surface area contributed by atoms with E-state index in [4.69, 9.17) is 4.74 Å². The molecule has 0 bridgehead atoms. The van der Waals surface area contributed by atoms with Gasteiger partial charge < -0.3 is 15.0 Å². The molecule has 4 heteroatoms. The van der Waals surface area contributed by atoms with Gasteiger partial charge >= 0.3 is 0 Å². The fourth-order valence-corrected chi connectivity index (χ4v) is 1.94. The molecule has 0 amide bonds. The van der Waals surface area contributed by atoms with Gasteiger partial charge in [0.15, 0.2) is 0 Å². The lowest BCUT2D eigenvalue weighted by Gasteiger charge is -2.11. The summed E-state index contributed by atoms with van der Waals surface area (Å²) in [6, 6.07) is 10.1. The zero-order valence-electron chi connectivity index (χ0n) is 11.8. The van der Waals surface area contributed by atoms with Crippen molar-refractivity contribution >= 4 is 10.9 Å². The summed E-state index contributed by atoms with van der Waals surface area (Å²) in [4.78, 5) is 6.82. The third-order valence-electron chi connectivity index (χ3n) is 3.00. The van der Waals surface area contributed by atoms with Gasteiger partial charge in [-0.25, -0.2) is 4.98 Å². The van der Waals surface area contributed by atoms with Crippen molar-refractivity contribution in [3.05, 3.63) is 36.0 Å². The molecule has 2 rings (SSSR count). The third-order valence-corrected chi connectivity index (χ3v) is 3.00. The minimum Gasteiger partial charge on any atom is -0.494 e. The number of pyridine rings is 1. The molecular formula is C15H21N3O. The van der Waals surface area contributed by atoms with Crippen LogP contribution in [-0.4, -0.2) is 44.2 Å². The molecule has 0 spiro atoms. The SMILES string of the molecule is COc1cccc2ccc(CNCCN(C)C)nc12. The Hall–Kier alpha value is -1.65. The summed E-state index contributed by atoms with van der Waals surface area (Å²) in [5, 5.41) is 4.50. The number of hydrogen-bond donors (Lipinski definition) is 1. The van der Waals surface area contributed by atoms with E-state index in [1.807, 2.05) is 18.2 Å². The average Bonchev–Trinajstić information content (AvgIpc) is 2.42. The van der Waals surface area contributed by atoms with Crippen molar-refractivity contribution in [1.29, 1.82) is 0 Å². The van der Waals surface area contributed by atoms with Gasteiger partial charge in [-0.1, -0.05) is 18.2 Å². The van der Waals surface area contributed by atoms with Gasteiger partial charge in [0.05, 0.1) is 12.8 Å². The van der Waals surface area contributed by atoms with Crippen LogP contribution in [0.2, 0.25) is 0 Å². The smallest absolute Gasteiger partial charge is 0.145 e. The highest BCUT2D eigenvalue weighted by Crippen LogP contribution is 2.23. The summed E-state index contributed by atoms with van der Waals surface area (Å²) in [6.07, 6.45) is 0. The second kappa shape index (κ2) is 6.50. The Labute approximate surface area is 114 Å². The maximum absolute atomic E-state index is 5.35. The van der Waals surface area contributed by atoms with Crippen molar-refractivity contribution in [2.24, 2.45) is 0 Å².